The molecular weight excluding hydrogens is 245 g/mol. The second kappa shape index (κ2) is 5.97. The molecule has 0 amide bonds. The van der Waals surface area contributed by atoms with Gasteiger partial charge in [0.2, 0.25) is 0 Å². The van der Waals surface area contributed by atoms with Gasteiger partial charge in [0.1, 0.15) is 5.82 Å². The van der Waals surface area contributed by atoms with Gasteiger partial charge in [-0.05, 0) is 19.8 Å². The van der Waals surface area contributed by atoms with Crippen molar-refractivity contribution in [1.29, 1.82) is 0 Å². The zero-order chi connectivity index (χ0) is 13.8. The molecule has 0 atom stereocenters. The lowest BCUT2D eigenvalue weighted by Gasteiger charge is -2.11. The largest absolute Gasteiger partial charge is 0.394 e. The average Bonchev–Trinajstić information content (AvgIpc) is 2.50. The second-order valence-electron chi connectivity index (χ2n) is 4.22. The van der Waals surface area contributed by atoms with Gasteiger partial charge in [-0.1, -0.05) is 6.92 Å². The Kier molecular flexibility index (Phi) is 4.86. The quantitative estimate of drug-likeness (QED) is 0.777. The molecule has 104 valence electrons. The van der Waals surface area contributed by atoms with Gasteiger partial charge in [0, 0.05) is 19.5 Å². The topological polar surface area (TPSA) is 55.9 Å². The lowest BCUT2D eigenvalue weighted by atomic mass is 10.3. The smallest absolute Gasteiger partial charge is 0.389 e. The lowest BCUT2D eigenvalue weighted by Crippen LogP contribution is -2.14. The predicted molar refractivity (Wildman–Crippen MR) is 65.4 cm³/mol. The van der Waals surface area contributed by atoms with Crippen LogP contribution in [0.1, 0.15) is 31.9 Å². The standard InChI is InChI=1S/C11H19F3N4/c1-3-7-18-10(9(15)8(2)17-18)16-6-4-5-11(12,13)14/h16H,3-7,15H2,1-2H3. The van der Waals surface area contributed by atoms with E-state index >= 15 is 0 Å². The van der Waals surface area contributed by atoms with Crippen molar-refractivity contribution < 1.29 is 13.2 Å². The Bertz CT molecular complexity index is 384. The summed E-state index contributed by atoms with van der Waals surface area (Å²) in [5, 5.41) is 7.17. The fraction of sp³-hybridized carbons (Fsp3) is 0.727. The van der Waals surface area contributed by atoms with E-state index in [2.05, 4.69) is 10.4 Å². The minimum Gasteiger partial charge on any atom is -0.394 e. The Morgan fingerprint density at radius 3 is 2.61 bits per heavy atom. The van der Waals surface area contributed by atoms with Crippen LogP contribution in [0, 0.1) is 6.92 Å². The van der Waals surface area contributed by atoms with Crippen molar-refractivity contribution in [2.45, 2.75) is 45.8 Å². The highest BCUT2D eigenvalue weighted by molar-refractivity contribution is 5.64. The molecular formula is C11H19F3N4. The normalized spacial score (nSPS) is 11.8. The first-order valence-electron chi connectivity index (χ1n) is 5.98. The van der Waals surface area contributed by atoms with Crippen molar-refractivity contribution in [3.05, 3.63) is 5.69 Å². The van der Waals surface area contributed by atoms with E-state index in [-0.39, 0.29) is 13.0 Å². The molecule has 1 aromatic rings. The van der Waals surface area contributed by atoms with Crippen LogP contribution in [-0.4, -0.2) is 22.5 Å². The van der Waals surface area contributed by atoms with Gasteiger partial charge < -0.3 is 11.1 Å². The Hall–Kier alpha value is -1.40. The maximum atomic E-state index is 12.0. The molecule has 0 radical (unpaired) electrons. The molecule has 0 spiro atoms. The molecule has 0 aliphatic rings. The number of hydrogen-bond donors (Lipinski definition) is 2. The third kappa shape index (κ3) is 4.12. The zero-order valence-corrected chi connectivity index (χ0v) is 10.6. The number of nitrogens with zero attached hydrogens (tertiary/aromatic N) is 2. The Balaban J connectivity index is 2.55. The van der Waals surface area contributed by atoms with Crippen LogP contribution in [0.5, 0.6) is 0 Å². The molecule has 0 saturated carbocycles. The molecule has 0 unspecified atom stereocenters. The molecule has 0 fully saturated rings. The van der Waals surface area contributed by atoms with E-state index in [1.165, 1.54) is 0 Å². The number of rotatable bonds is 6. The molecule has 3 N–H and O–H groups in total. The summed E-state index contributed by atoms with van der Waals surface area (Å²) >= 11 is 0. The van der Waals surface area contributed by atoms with Crippen molar-refractivity contribution in [3.8, 4) is 0 Å². The summed E-state index contributed by atoms with van der Waals surface area (Å²) in [5.74, 6) is 0.622. The number of aryl methyl sites for hydroxylation is 2. The van der Waals surface area contributed by atoms with Gasteiger partial charge in [-0.3, -0.25) is 0 Å². The molecule has 18 heavy (non-hydrogen) atoms. The van der Waals surface area contributed by atoms with E-state index in [4.69, 9.17) is 5.73 Å². The van der Waals surface area contributed by atoms with Gasteiger partial charge in [0.05, 0.1) is 11.4 Å². The van der Waals surface area contributed by atoms with E-state index in [1.807, 2.05) is 6.92 Å². The number of nitrogen functional groups attached to an aromatic ring is 1. The summed E-state index contributed by atoms with van der Waals surface area (Å²) in [6.07, 6.45) is -3.98. The van der Waals surface area contributed by atoms with Crippen LogP contribution in [0.4, 0.5) is 24.7 Å². The molecule has 0 aliphatic heterocycles. The lowest BCUT2D eigenvalue weighted by molar-refractivity contribution is -0.134. The number of hydrogen-bond acceptors (Lipinski definition) is 3. The summed E-state index contributed by atoms with van der Waals surface area (Å²) in [6.45, 7) is 4.71. The molecule has 1 heterocycles. The van der Waals surface area contributed by atoms with Crippen LogP contribution in [0.2, 0.25) is 0 Å². The maximum Gasteiger partial charge on any atom is 0.389 e. The van der Waals surface area contributed by atoms with Gasteiger partial charge in [-0.25, -0.2) is 4.68 Å². The number of alkyl halides is 3. The second-order valence-corrected chi connectivity index (χ2v) is 4.22. The Morgan fingerprint density at radius 1 is 1.39 bits per heavy atom. The van der Waals surface area contributed by atoms with Gasteiger partial charge in [0.15, 0.2) is 0 Å². The predicted octanol–water partition coefficient (Wildman–Crippen LogP) is 2.94. The van der Waals surface area contributed by atoms with Gasteiger partial charge in [-0.2, -0.15) is 18.3 Å². The van der Waals surface area contributed by atoms with Crippen LogP contribution in [0.15, 0.2) is 0 Å². The highest BCUT2D eigenvalue weighted by atomic mass is 19.4. The number of nitrogens with one attached hydrogen (secondary N) is 1. The summed E-state index contributed by atoms with van der Waals surface area (Å²) < 4.78 is 37.7. The Labute approximate surface area is 104 Å². The summed E-state index contributed by atoms with van der Waals surface area (Å²) in [6, 6.07) is 0. The van der Waals surface area contributed by atoms with E-state index in [0.717, 1.165) is 6.42 Å². The van der Waals surface area contributed by atoms with Crippen molar-refractivity contribution in [2.24, 2.45) is 0 Å². The first-order chi connectivity index (χ1) is 8.35. The molecule has 7 heteroatoms. The molecule has 1 aromatic heterocycles. The molecule has 4 nitrogen and oxygen atoms in total. The molecule has 0 aliphatic carbocycles. The van der Waals surface area contributed by atoms with E-state index in [9.17, 15) is 13.2 Å². The highest BCUT2D eigenvalue weighted by Gasteiger charge is 2.26. The first kappa shape index (κ1) is 14.7. The fourth-order valence-electron chi connectivity index (χ4n) is 1.65. The number of nitrogens with two attached hydrogens (primary N) is 1. The van der Waals surface area contributed by atoms with Crippen molar-refractivity contribution in [1.82, 2.24) is 9.78 Å². The van der Waals surface area contributed by atoms with Gasteiger partial charge >= 0.3 is 6.18 Å². The third-order valence-electron chi connectivity index (χ3n) is 2.54. The molecule has 0 aromatic carbocycles. The highest BCUT2D eigenvalue weighted by Crippen LogP contribution is 2.24. The first-order valence-corrected chi connectivity index (χ1v) is 5.98. The fourth-order valence-corrected chi connectivity index (χ4v) is 1.65. The van der Waals surface area contributed by atoms with Crippen LogP contribution in [0.25, 0.3) is 0 Å². The summed E-state index contributed by atoms with van der Waals surface area (Å²) in [5.41, 5.74) is 7.04. The van der Waals surface area contributed by atoms with Crippen molar-refractivity contribution in [2.75, 3.05) is 17.6 Å². The molecule has 1 rings (SSSR count). The number of aromatic nitrogens is 2. The number of halogens is 3. The van der Waals surface area contributed by atoms with Crippen molar-refractivity contribution in [3.63, 3.8) is 0 Å². The summed E-state index contributed by atoms with van der Waals surface area (Å²) in [7, 11) is 0. The maximum absolute atomic E-state index is 12.0. The van der Waals surface area contributed by atoms with E-state index in [0.29, 0.717) is 23.7 Å². The minimum atomic E-state index is -4.10. The monoisotopic (exact) mass is 264 g/mol. The van der Waals surface area contributed by atoms with Crippen molar-refractivity contribution >= 4 is 11.5 Å². The third-order valence-corrected chi connectivity index (χ3v) is 2.54. The van der Waals surface area contributed by atoms with Crippen LogP contribution >= 0.6 is 0 Å². The molecule has 0 saturated heterocycles. The van der Waals surface area contributed by atoms with Gasteiger partial charge in [-0.15, -0.1) is 0 Å². The zero-order valence-electron chi connectivity index (χ0n) is 10.6. The van der Waals surface area contributed by atoms with E-state index < -0.39 is 12.6 Å². The van der Waals surface area contributed by atoms with Crippen LogP contribution < -0.4 is 11.1 Å². The minimum absolute atomic E-state index is 0.0271. The van der Waals surface area contributed by atoms with E-state index in [1.54, 1.807) is 11.6 Å². The van der Waals surface area contributed by atoms with Gasteiger partial charge in [0.25, 0.3) is 0 Å². The summed E-state index contributed by atoms with van der Waals surface area (Å²) in [4.78, 5) is 0. The Morgan fingerprint density at radius 2 is 2.06 bits per heavy atom. The van der Waals surface area contributed by atoms with Crippen LogP contribution in [0.3, 0.4) is 0 Å². The SMILES string of the molecule is CCCn1nc(C)c(N)c1NCCCC(F)(F)F. The number of anilines is 2. The average molecular weight is 264 g/mol. The molecule has 0 bridgehead atoms. The van der Waals surface area contributed by atoms with Crippen LogP contribution in [-0.2, 0) is 6.54 Å².